The number of likely N-dealkylation sites (tertiary alicyclic amines) is 1. The first kappa shape index (κ1) is 14.4. The van der Waals surface area contributed by atoms with E-state index < -0.39 is 0 Å². The summed E-state index contributed by atoms with van der Waals surface area (Å²) in [5, 5.41) is 12.4. The van der Waals surface area contributed by atoms with Gasteiger partial charge >= 0.3 is 0 Å². The van der Waals surface area contributed by atoms with Crippen LogP contribution in [-0.2, 0) is 4.79 Å². The van der Waals surface area contributed by atoms with Crippen molar-refractivity contribution in [2.75, 3.05) is 26.2 Å². The van der Waals surface area contributed by atoms with Crippen molar-refractivity contribution in [1.82, 2.24) is 10.2 Å². The van der Waals surface area contributed by atoms with Gasteiger partial charge < -0.3 is 16.2 Å². The van der Waals surface area contributed by atoms with Crippen LogP contribution in [0.1, 0.15) is 26.7 Å². The molecule has 0 spiro atoms. The van der Waals surface area contributed by atoms with E-state index in [-0.39, 0.29) is 24.0 Å². The molecule has 1 saturated heterocycles. The van der Waals surface area contributed by atoms with Crippen LogP contribution in [0.25, 0.3) is 0 Å². The van der Waals surface area contributed by atoms with Crippen molar-refractivity contribution in [2.45, 2.75) is 38.8 Å². The molecule has 0 aromatic rings. The van der Waals surface area contributed by atoms with E-state index in [1.807, 2.05) is 6.92 Å². The molecule has 17 heavy (non-hydrogen) atoms. The number of hydrogen-bond acceptors (Lipinski definition) is 4. The summed E-state index contributed by atoms with van der Waals surface area (Å²) in [6, 6.07) is 0.111. The maximum Gasteiger partial charge on any atom is 0.224 e. The van der Waals surface area contributed by atoms with E-state index >= 15 is 0 Å². The summed E-state index contributed by atoms with van der Waals surface area (Å²) in [6.45, 7) is 6.52. The van der Waals surface area contributed by atoms with Crippen LogP contribution in [0.4, 0.5) is 0 Å². The highest BCUT2D eigenvalue weighted by Gasteiger charge is 2.29. The maximum absolute atomic E-state index is 11.8. The highest BCUT2D eigenvalue weighted by molar-refractivity contribution is 5.78. The molecule has 3 unspecified atom stereocenters. The summed E-state index contributed by atoms with van der Waals surface area (Å²) < 4.78 is 0. The van der Waals surface area contributed by atoms with Gasteiger partial charge in [0.05, 0.1) is 12.0 Å². The highest BCUT2D eigenvalue weighted by atomic mass is 16.3. The third-order valence-corrected chi connectivity index (χ3v) is 3.54. The second kappa shape index (κ2) is 6.93. The van der Waals surface area contributed by atoms with E-state index in [2.05, 4.69) is 10.2 Å². The Morgan fingerprint density at radius 1 is 1.59 bits per heavy atom. The van der Waals surface area contributed by atoms with Crippen LogP contribution in [0.3, 0.4) is 0 Å². The Morgan fingerprint density at radius 3 is 2.88 bits per heavy atom. The fraction of sp³-hybridized carbons (Fsp3) is 0.917. The van der Waals surface area contributed by atoms with Crippen LogP contribution in [0.2, 0.25) is 0 Å². The molecule has 5 nitrogen and oxygen atoms in total. The molecule has 1 amide bonds. The first-order valence-electron chi connectivity index (χ1n) is 6.46. The van der Waals surface area contributed by atoms with Gasteiger partial charge in [-0.25, -0.2) is 0 Å². The molecule has 5 heteroatoms. The molecule has 100 valence electrons. The second-order valence-corrected chi connectivity index (χ2v) is 4.89. The van der Waals surface area contributed by atoms with Crippen molar-refractivity contribution in [1.29, 1.82) is 0 Å². The van der Waals surface area contributed by atoms with E-state index in [0.29, 0.717) is 13.1 Å². The zero-order valence-corrected chi connectivity index (χ0v) is 10.9. The third kappa shape index (κ3) is 4.26. The van der Waals surface area contributed by atoms with E-state index in [1.54, 1.807) is 6.92 Å². The summed E-state index contributed by atoms with van der Waals surface area (Å²) in [4.78, 5) is 14.0. The first-order valence-corrected chi connectivity index (χ1v) is 6.46. The zero-order valence-electron chi connectivity index (χ0n) is 10.9. The maximum atomic E-state index is 11.8. The van der Waals surface area contributed by atoms with Gasteiger partial charge in [0.2, 0.25) is 5.91 Å². The molecule has 1 rings (SSSR count). The number of carbonyl (C=O) groups excluding carboxylic acids is 1. The Hall–Kier alpha value is -0.650. The van der Waals surface area contributed by atoms with Crippen LogP contribution in [0, 0.1) is 5.92 Å². The molecule has 0 radical (unpaired) electrons. The number of hydrogen-bond donors (Lipinski definition) is 3. The predicted octanol–water partition coefficient (Wildman–Crippen LogP) is -0.457. The Labute approximate surface area is 103 Å². The molecule has 0 aromatic carbocycles. The van der Waals surface area contributed by atoms with Gasteiger partial charge in [0.25, 0.3) is 0 Å². The van der Waals surface area contributed by atoms with Gasteiger partial charge in [0.15, 0.2) is 0 Å². The summed E-state index contributed by atoms with van der Waals surface area (Å²) in [5.41, 5.74) is 5.36. The monoisotopic (exact) mass is 243 g/mol. The normalized spacial score (nSPS) is 25.3. The molecule has 0 aromatic heterocycles. The van der Waals surface area contributed by atoms with Crippen LogP contribution in [-0.4, -0.2) is 54.2 Å². The van der Waals surface area contributed by atoms with Gasteiger partial charge in [0, 0.05) is 25.7 Å². The predicted molar refractivity (Wildman–Crippen MR) is 67.5 cm³/mol. The molecule has 1 aliphatic heterocycles. The molecular formula is C12H25N3O2. The third-order valence-electron chi connectivity index (χ3n) is 3.54. The van der Waals surface area contributed by atoms with Crippen molar-refractivity contribution in [3.8, 4) is 0 Å². The number of aliphatic hydroxyl groups is 1. The smallest absolute Gasteiger partial charge is 0.224 e. The Balaban J connectivity index is 2.45. The van der Waals surface area contributed by atoms with Gasteiger partial charge in [-0.05, 0) is 33.2 Å². The van der Waals surface area contributed by atoms with E-state index in [9.17, 15) is 9.90 Å². The van der Waals surface area contributed by atoms with Gasteiger partial charge in [-0.2, -0.15) is 0 Å². The lowest BCUT2D eigenvalue weighted by Crippen LogP contribution is -2.49. The highest BCUT2D eigenvalue weighted by Crippen LogP contribution is 2.19. The molecule has 0 saturated carbocycles. The number of nitrogens with one attached hydrogen (secondary N) is 1. The zero-order chi connectivity index (χ0) is 12.8. The largest absolute Gasteiger partial charge is 0.392 e. The van der Waals surface area contributed by atoms with Crippen LogP contribution < -0.4 is 11.1 Å². The lowest BCUT2D eigenvalue weighted by atomic mass is 9.95. The van der Waals surface area contributed by atoms with Crippen LogP contribution in [0.15, 0.2) is 0 Å². The average molecular weight is 243 g/mol. The summed E-state index contributed by atoms with van der Waals surface area (Å²) in [6.07, 6.45) is 1.58. The van der Waals surface area contributed by atoms with Gasteiger partial charge in [0.1, 0.15) is 0 Å². The molecule has 1 aliphatic rings. The SMILES string of the molecule is CC(O)C(C)N1CCCC(C(=O)NCCN)C1. The van der Waals surface area contributed by atoms with Crippen molar-refractivity contribution in [3.05, 3.63) is 0 Å². The van der Waals surface area contributed by atoms with E-state index in [4.69, 9.17) is 5.73 Å². The molecule has 3 atom stereocenters. The Kier molecular flexibility index (Phi) is 5.88. The quantitative estimate of drug-likeness (QED) is 0.611. The standard InChI is InChI=1S/C12H25N3O2/c1-9(10(2)16)15-7-3-4-11(8-15)12(17)14-6-5-13/h9-11,16H,3-8,13H2,1-2H3,(H,14,17). The fourth-order valence-electron chi connectivity index (χ4n) is 2.24. The number of carbonyl (C=O) groups is 1. The van der Waals surface area contributed by atoms with Gasteiger partial charge in [-0.3, -0.25) is 9.69 Å². The Morgan fingerprint density at radius 2 is 2.29 bits per heavy atom. The number of amides is 1. The van der Waals surface area contributed by atoms with E-state index in [0.717, 1.165) is 25.9 Å². The lowest BCUT2D eigenvalue weighted by molar-refractivity contribution is -0.127. The topological polar surface area (TPSA) is 78.6 Å². The molecular weight excluding hydrogens is 218 g/mol. The summed E-state index contributed by atoms with van der Waals surface area (Å²) >= 11 is 0. The number of nitrogens with two attached hydrogens (primary N) is 1. The minimum atomic E-state index is -0.360. The Bertz CT molecular complexity index is 246. The van der Waals surface area contributed by atoms with Crippen molar-refractivity contribution in [3.63, 3.8) is 0 Å². The molecule has 0 aliphatic carbocycles. The molecule has 4 N–H and O–H groups in total. The molecule has 0 bridgehead atoms. The molecule has 1 heterocycles. The number of rotatable bonds is 5. The van der Waals surface area contributed by atoms with Crippen molar-refractivity contribution in [2.24, 2.45) is 11.7 Å². The van der Waals surface area contributed by atoms with E-state index in [1.165, 1.54) is 0 Å². The van der Waals surface area contributed by atoms with Crippen LogP contribution >= 0.6 is 0 Å². The van der Waals surface area contributed by atoms with Gasteiger partial charge in [-0.1, -0.05) is 0 Å². The second-order valence-electron chi connectivity index (χ2n) is 4.89. The lowest BCUT2D eigenvalue weighted by Gasteiger charge is -2.37. The van der Waals surface area contributed by atoms with Crippen molar-refractivity contribution >= 4 is 5.91 Å². The number of aliphatic hydroxyl groups excluding tert-OH is 1. The van der Waals surface area contributed by atoms with Crippen molar-refractivity contribution < 1.29 is 9.90 Å². The molecule has 1 fully saturated rings. The number of nitrogens with zero attached hydrogens (tertiary/aromatic N) is 1. The fourth-order valence-corrected chi connectivity index (χ4v) is 2.24. The van der Waals surface area contributed by atoms with Gasteiger partial charge in [-0.15, -0.1) is 0 Å². The average Bonchev–Trinajstić information content (AvgIpc) is 2.35. The minimum Gasteiger partial charge on any atom is -0.392 e. The van der Waals surface area contributed by atoms with Crippen LogP contribution in [0.5, 0.6) is 0 Å². The minimum absolute atomic E-state index is 0.0384. The number of piperidine rings is 1. The summed E-state index contributed by atoms with van der Waals surface area (Å²) in [5.74, 6) is 0.134. The first-order chi connectivity index (χ1) is 8.06. The summed E-state index contributed by atoms with van der Waals surface area (Å²) in [7, 11) is 0.